The van der Waals surface area contributed by atoms with E-state index in [1.807, 2.05) is 49.4 Å². The highest BCUT2D eigenvalue weighted by molar-refractivity contribution is 6.33. The van der Waals surface area contributed by atoms with E-state index in [9.17, 15) is 9.59 Å². The van der Waals surface area contributed by atoms with Gasteiger partial charge in [0.2, 0.25) is 5.91 Å². The number of halogens is 1. The predicted molar refractivity (Wildman–Crippen MR) is 108 cm³/mol. The first-order chi connectivity index (χ1) is 13.5. The molecular formula is C21H21ClN4O2. The average molecular weight is 397 g/mol. The van der Waals surface area contributed by atoms with Crippen LogP contribution in [0, 0.1) is 6.92 Å². The van der Waals surface area contributed by atoms with Gasteiger partial charge in [-0.25, -0.2) is 9.48 Å². The molecule has 0 radical (unpaired) electrons. The first-order valence-corrected chi connectivity index (χ1v) is 9.67. The van der Waals surface area contributed by atoms with Crippen molar-refractivity contribution in [1.29, 1.82) is 0 Å². The van der Waals surface area contributed by atoms with Gasteiger partial charge >= 0.3 is 5.69 Å². The fourth-order valence-corrected chi connectivity index (χ4v) is 3.45. The second kappa shape index (κ2) is 7.64. The van der Waals surface area contributed by atoms with Crippen LogP contribution in [-0.4, -0.2) is 20.3 Å². The largest absolute Gasteiger partial charge is 0.350 e. The fraction of sp³-hybridized carbons (Fsp3) is 0.286. The molecular weight excluding hydrogens is 376 g/mol. The van der Waals surface area contributed by atoms with Crippen LogP contribution in [0.25, 0.3) is 11.4 Å². The molecule has 0 atom stereocenters. The molecule has 0 unspecified atom stereocenters. The third-order valence-electron chi connectivity index (χ3n) is 4.76. The number of aryl methyl sites for hydroxylation is 1. The Bertz CT molecular complexity index is 1080. The van der Waals surface area contributed by atoms with Gasteiger partial charge in [0.25, 0.3) is 0 Å². The van der Waals surface area contributed by atoms with Crippen molar-refractivity contribution in [2.24, 2.45) is 0 Å². The van der Waals surface area contributed by atoms with Gasteiger partial charge in [-0.1, -0.05) is 53.6 Å². The molecule has 144 valence electrons. The lowest BCUT2D eigenvalue weighted by Gasteiger charge is -2.05. The second-order valence-electron chi connectivity index (χ2n) is 7.11. The van der Waals surface area contributed by atoms with Gasteiger partial charge in [-0.3, -0.25) is 9.36 Å². The van der Waals surface area contributed by atoms with Crippen molar-refractivity contribution in [2.45, 2.75) is 38.9 Å². The number of benzene rings is 2. The number of nitrogens with one attached hydrogen (secondary N) is 1. The zero-order valence-electron chi connectivity index (χ0n) is 15.6. The summed E-state index contributed by atoms with van der Waals surface area (Å²) in [7, 11) is 0. The molecule has 0 spiro atoms. The first kappa shape index (κ1) is 18.5. The Labute approximate surface area is 167 Å². The highest BCUT2D eigenvalue weighted by Gasteiger charge is 2.31. The van der Waals surface area contributed by atoms with E-state index in [4.69, 9.17) is 11.6 Å². The van der Waals surface area contributed by atoms with E-state index < -0.39 is 0 Å². The van der Waals surface area contributed by atoms with E-state index in [0.29, 0.717) is 23.0 Å². The molecule has 3 aromatic rings. The number of aromatic nitrogens is 3. The minimum absolute atomic E-state index is 0.123. The van der Waals surface area contributed by atoms with Crippen molar-refractivity contribution in [2.75, 3.05) is 0 Å². The first-order valence-electron chi connectivity index (χ1n) is 9.29. The van der Waals surface area contributed by atoms with Gasteiger partial charge in [0.1, 0.15) is 6.54 Å². The monoisotopic (exact) mass is 396 g/mol. The molecule has 0 saturated heterocycles. The van der Waals surface area contributed by atoms with Crippen LogP contribution >= 0.6 is 11.6 Å². The van der Waals surface area contributed by atoms with Crippen LogP contribution < -0.4 is 11.0 Å². The Morgan fingerprint density at radius 2 is 2.00 bits per heavy atom. The van der Waals surface area contributed by atoms with Crippen molar-refractivity contribution in [1.82, 2.24) is 19.7 Å². The summed E-state index contributed by atoms with van der Waals surface area (Å²) in [6.07, 6.45) is 1.87. The van der Waals surface area contributed by atoms with E-state index in [-0.39, 0.29) is 24.2 Å². The highest BCUT2D eigenvalue weighted by Crippen LogP contribution is 2.37. The Balaban J connectivity index is 1.55. The van der Waals surface area contributed by atoms with Gasteiger partial charge in [0, 0.05) is 18.2 Å². The molecule has 1 N–H and O–H groups in total. The lowest BCUT2D eigenvalue weighted by Crippen LogP contribution is -2.33. The van der Waals surface area contributed by atoms with Crippen molar-refractivity contribution in [3.8, 4) is 11.4 Å². The molecule has 1 amide bonds. The van der Waals surface area contributed by atoms with Gasteiger partial charge in [-0.05, 0) is 37.5 Å². The lowest BCUT2D eigenvalue weighted by molar-refractivity contribution is -0.122. The molecule has 1 aromatic heterocycles. The van der Waals surface area contributed by atoms with E-state index in [1.165, 1.54) is 4.68 Å². The summed E-state index contributed by atoms with van der Waals surface area (Å²) in [5.74, 6) is 0.263. The van der Waals surface area contributed by atoms with Crippen molar-refractivity contribution in [3.05, 3.63) is 75.2 Å². The van der Waals surface area contributed by atoms with Crippen LogP contribution in [0.2, 0.25) is 5.02 Å². The van der Waals surface area contributed by atoms with Gasteiger partial charge < -0.3 is 5.32 Å². The van der Waals surface area contributed by atoms with Crippen LogP contribution in [0.3, 0.4) is 0 Å². The molecule has 1 aliphatic carbocycles. The SMILES string of the molecule is Cc1cccc(CNC(=O)Cn2nc(-c3ccccc3Cl)n(C3CC3)c2=O)c1. The molecule has 28 heavy (non-hydrogen) atoms. The smallest absolute Gasteiger partial charge is 0.346 e. The molecule has 0 aliphatic heterocycles. The molecule has 6 nitrogen and oxygen atoms in total. The number of amides is 1. The molecule has 1 aliphatic rings. The second-order valence-corrected chi connectivity index (χ2v) is 7.52. The quantitative estimate of drug-likeness (QED) is 0.694. The Kier molecular flexibility index (Phi) is 5.05. The molecule has 7 heteroatoms. The summed E-state index contributed by atoms with van der Waals surface area (Å²) < 4.78 is 2.89. The van der Waals surface area contributed by atoms with Crippen molar-refractivity contribution < 1.29 is 4.79 Å². The normalized spacial score (nSPS) is 13.5. The third kappa shape index (κ3) is 3.87. The standard InChI is InChI=1S/C21H21ClN4O2/c1-14-5-4-6-15(11-14)12-23-19(27)13-25-21(28)26(16-9-10-16)20(24-25)17-7-2-3-8-18(17)22/h2-8,11,16H,9-10,12-13H2,1H3,(H,23,27). The van der Waals surface area contributed by atoms with E-state index >= 15 is 0 Å². The maximum Gasteiger partial charge on any atom is 0.346 e. The summed E-state index contributed by atoms with van der Waals surface area (Å²) in [5.41, 5.74) is 2.58. The van der Waals surface area contributed by atoms with Gasteiger partial charge in [0.05, 0.1) is 5.02 Å². The lowest BCUT2D eigenvalue weighted by atomic mass is 10.1. The predicted octanol–water partition coefficient (Wildman–Crippen LogP) is 3.32. The number of hydrogen-bond donors (Lipinski definition) is 1. The molecule has 1 heterocycles. The summed E-state index contributed by atoms with van der Waals surface area (Å²) in [5, 5.41) is 7.82. The fourth-order valence-electron chi connectivity index (χ4n) is 3.23. The third-order valence-corrected chi connectivity index (χ3v) is 5.09. The van der Waals surface area contributed by atoms with Crippen molar-refractivity contribution >= 4 is 17.5 Å². The Morgan fingerprint density at radius 3 is 2.71 bits per heavy atom. The Hall–Kier alpha value is -2.86. The minimum Gasteiger partial charge on any atom is -0.350 e. The van der Waals surface area contributed by atoms with Gasteiger partial charge in [-0.15, -0.1) is 5.10 Å². The zero-order chi connectivity index (χ0) is 19.7. The molecule has 0 bridgehead atoms. The van der Waals surface area contributed by atoms with Crippen LogP contribution in [0.15, 0.2) is 53.3 Å². The number of carbonyl (C=O) groups excluding carboxylic acids is 1. The Morgan fingerprint density at radius 1 is 1.21 bits per heavy atom. The summed E-state index contributed by atoms with van der Waals surface area (Å²) >= 11 is 6.31. The molecule has 1 saturated carbocycles. The zero-order valence-corrected chi connectivity index (χ0v) is 16.3. The van der Waals surface area contributed by atoms with Gasteiger partial charge in [-0.2, -0.15) is 0 Å². The molecule has 4 rings (SSSR count). The maximum atomic E-state index is 12.9. The maximum absolute atomic E-state index is 12.9. The average Bonchev–Trinajstić information content (AvgIpc) is 3.46. The van der Waals surface area contributed by atoms with Crippen LogP contribution in [0.4, 0.5) is 0 Å². The van der Waals surface area contributed by atoms with Crippen LogP contribution in [0.5, 0.6) is 0 Å². The number of nitrogens with zero attached hydrogens (tertiary/aromatic N) is 3. The summed E-state index contributed by atoms with van der Waals surface area (Å²) in [6, 6.07) is 15.4. The van der Waals surface area contributed by atoms with E-state index in [1.54, 1.807) is 10.6 Å². The number of hydrogen-bond acceptors (Lipinski definition) is 3. The number of rotatable bonds is 6. The van der Waals surface area contributed by atoms with Gasteiger partial charge in [0.15, 0.2) is 5.82 Å². The van der Waals surface area contributed by atoms with Crippen LogP contribution in [0.1, 0.15) is 30.0 Å². The number of carbonyl (C=O) groups is 1. The molecule has 1 fully saturated rings. The minimum atomic E-state index is -0.275. The van der Waals surface area contributed by atoms with E-state index in [0.717, 1.165) is 24.0 Å². The topological polar surface area (TPSA) is 68.9 Å². The summed E-state index contributed by atoms with van der Waals surface area (Å²) in [6.45, 7) is 2.30. The summed E-state index contributed by atoms with van der Waals surface area (Å²) in [4.78, 5) is 25.2. The van der Waals surface area contributed by atoms with Crippen molar-refractivity contribution in [3.63, 3.8) is 0 Å². The van der Waals surface area contributed by atoms with E-state index in [2.05, 4.69) is 10.4 Å². The van der Waals surface area contributed by atoms with Crippen LogP contribution in [-0.2, 0) is 17.9 Å². The molecule has 2 aromatic carbocycles. The highest BCUT2D eigenvalue weighted by atomic mass is 35.5.